The van der Waals surface area contributed by atoms with Crippen molar-refractivity contribution in [2.45, 2.75) is 13.5 Å². The summed E-state index contributed by atoms with van der Waals surface area (Å²) in [6.45, 7) is 2.88. The van der Waals surface area contributed by atoms with Gasteiger partial charge in [0.2, 0.25) is 0 Å². The van der Waals surface area contributed by atoms with Gasteiger partial charge < -0.3 is 5.32 Å². The number of imidazole rings is 1. The van der Waals surface area contributed by atoms with E-state index >= 15 is 0 Å². The van der Waals surface area contributed by atoms with Crippen molar-refractivity contribution in [3.05, 3.63) is 108 Å². The van der Waals surface area contributed by atoms with Gasteiger partial charge in [0, 0.05) is 24.8 Å². The number of hydrogen-bond acceptors (Lipinski definition) is 4. The third-order valence-electron chi connectivity index (χ3n) is 6.36. The Bertz CT molecular complexity index is 1610. The zero-order chi connectivity index (χ0) is 25.1. The molecule has 0 fully saturated rings. The van der Waals surface area contributed by atoms with Crippen LogP contribution in [0.25, 0.3) is 39.2 Å². The van der Waals surface area contributed by atoms with Crippen molar-refractivity contribution in [2.24, 2.45) is 0 Å². The molecule has 2 heterocycles. The van der Waals surface area contributed by atoms with Crippen LogP contribution in [0.5, 0.6) is 0 Å². The lowest BCUT2D eigenvalue weighted by Crippen LogP contribution is -2.22. The Kier molecular flexibility index (Phi) is 6.69. The summed E-state index contributed by atoms with van der Waals surface area (Å²) in [6, 6.07) is 29.2. The number of nitrogens with one attached hydrogen (secondary N) is 1. The van der Waals surface area contributed by atoms with Crippen LogP contribution in [-0.2, 0) is 16.7 Å². The summed E-state index contributed by atoms with van der Waals surface area (Å²) < 4.78 is 32.6. The minimum absolute atomic E-state index is 0.198. The predicted molar refractivity (Wildman–Crippen MR) is 144 cm³/mol. The molecule has 6 nitrogen and oxygen atoms in total. The molecule has 0 aliphatic carbocycles. The van der Waals surface area contributed by atoms with Gasteiger partial charge in [0.25, 0.3) is 10.1 Å². The van der Waals surface area contributed by atoms with E-state index in [0.717, 1.165) is 28.0 Å². The van der Waals surface area contributed by atoms with Crippen molar-refractivity contribution < 1.29 is 13.0 Å². The first-order chi connectivity index (χ1) is 17.4. The molecule has 0 saturated heterocycles. The fourth-order valence-electron chi connectivity index (χ4n) is 4.47. The Morgan fingerprint density at radius 2 is 1.58 bits per heavy atom. The van der Waals surface area contributed by atoms with Crippen molar-refractivity contribution in [2.75, 3.05) is 12.3 Å². The molecule has 2 aromatic heterocycles. The van der Waals surface area contributed by atoms with E-state index in [1.807, 2.05) is 36.5 Å². The standard InChI is InChI=1S/C29H27N3O3S/c1-21-26(23-6-3-2-4-7-23)8-5-9-27(21)25-14-16-32-28(20-31-29(32)18-25)24-12-10-22(11-13-24)19-30-15-17-36(33,34)35/h2-14,16,18,20,30H,15,17,19H2,1H3,(H,33,34,35). The van der Waals surface area contributed by atoms with E-state index in [1.54, 1.807) is 0 Å². The van der Waals surface area contributed by atoms with Crippen molar-refractivity contribution in [1.29, 1.82) is 0 Å². The topological polar surface area (TPSA) is 83.7 Å². The lowest BCUT2D eigenvalue weighted by molar-refractivity contribution is 0.480. The summed E-state index contributed by atoms with van der Waals surface area (Å²) in [6.07, 6.45) is 3.94. The largest absolute Gasteiger partial charge is 0.312 e. The van der Waals surface area contributed by atoms with Crippen LogP contribution in [0.15, 0.2) is 97.3 Å². The molecular formula is C29H27N3O3S. The molecule has 0 saturated carbocycles. The molecule has 0 atom stereocenters. The maximum Gasteiger partial charge on any atom is 0.266 e. The SMILES string of the molecule is Cc1c(-c2ccccc2)cccc1-c1ccn2c(-c3ccc(CNCCS(=O)(=O)O)cc3)cnc2c1. The normalized spacial score (nSPS) is 11.7. The minimum atomic E-state index is -3.95. The Morgan fingerprint density at radius 1 is 0.861 bits per heavy atom. The summed E-state index contributed by atoms with van der Waals surface area (Å²) >= 11 is 0. The number of hydrogen-bond donors (Lipinski definition) is 2. The fraction of sp³-hybridized carbons (Fsp3) is 0.138. The van der Waals surface area contributed by atoms with Crippen LogP contribution >= 0.6 is 0 Å². The third-order valence-corrected chi connectivity index (χ3v) is 7.08. The molecule has 5 rings (SSSR count). The van der Waals surface area contributed by atoms with Gasteiger partial charge >= 0.3 is 0 Å². The molecule has 0 unspecified atom stereocenters. The molecule has 5 aromatic rings. The Morgan fingerprint density at radius 3 is 2.31 bits per heavy atom. The highest BCUT2D eigenvalue weighted by atomic mass is 32.2. The first-order valence-corrected chi connectivity index (χ1v) is 13.4. The Hall–Kier alpha value is -3.78. The highest BCUT2D eigenvalue weighted by Crippen LogP contribution is 2.33. The van der Waals surface area contributed by atoms with E-state index in [-0.39, 0.29) is 12.3 Å². The number of benzene rings is 3. The van der Waals surface area contributed by atoms with Gasteiger partial charge in [0.05, 0.1) is 17.6 Å². The van der Waals surface area contributed by atoms with Gasteiger partial charge in [-0.25, -0.2) is 4.98 Å². The number of fused-ring (bicyclic) bond motifs is 1. The molecule has 0 aliphatic rings. The van der Waals surface area contributed by atoms with E-state index in [1.165, 1.54) is 22.3 Å². The van der Waals surface area contributed by atoms with Crippen LogP contribution in [0.4, 0.5) is 0 Å². The summed E-state index contributed by atoms with van der Waals surface area (Å²) in [4.78, 5) is 4.67. The molecule has 0 radical (unpaired) electrons. The molecule has 3 aromatic carbocycles. The van der Waals surface area contributed by atoms with Crippen LogP contribution in [0.2, 0.25) is 0 Å². The predicted octanol–water partition coefficient (Wildman–Crippen LogP) is 5.62. The van der Waals surface area contributed by atoms with Gasteiger partial charge in [-0.15, -0.1) is 0 Å². The fourth-order valence-corrected chi connectivity index (χ4v) is 4.87. The molecule has 0 amide bonds. The highest BCUT2D eigenvalue weighted by Gasteiger charge is 2.11. The smallest absolute Gasteiger partial charge is 0.266 e. The maximum absolute atomic E-state index is 10.8. The average molecular weight is 498 g/mol. The van der Waals surface area contributed by atoms with E-state index in [0.29, 0.717) is 6.54 Å². The number of nitrogens with zero attached hydrogens (tertiary/aromatic N) is 2. The summed E-state index contributed by atoms with van der Waals surface area (Å²) in [5.74, 6) is -0.301. The first-order valence-electron chi connectivity index (χ1n) is 11.8. The average Bonchev–Trinajstić information content (AvgIpc) is 3.30. The molecule has 36 heavy (non-hydrogen) atoms. The first kappa shape index (κ1) is 23.9. The van der Waals surface area contributed by atoms with Gasteiger partial charge in [-0.3, -0.25) is 8.95 Å². The van der Waals surface area contributed by atoms with E-state index in [4.69, 9.17) is 4.55 Å². The van der Waals surface area contributed by atoms with Crippen LogP contribution in [0.3, 0.4) is 0 Å². The summed E-state index contributed by atoms with van der Waals surface area (Å²) in [5.41, 5.74) is 9.93. The highest BCUT2D eigenvalue weighted by molar-refractivity contribution is 7.85. The van der Waals surface area contributed by atoms with Crippen molar-refractivity contribution in [3.8, 4) is 33.5 Å². The summed E-state index contributed by atoms with van der Waals surface area (Å²) in [5, 5.41) is 3.03. The van der Waals surface area contributed by atoms with Crippen molar-refractivity contribution >= 4 is 15.8 Å². The van der Waals surface area contributed by atoms with Crippen molar-refractivity contribution in [1.82, 2.24) is 14.7 Å². The maximum atomic E-state index is 10.8. The third kappa shape index (κ3) is 5.23. The monoisotopic (exact) mass is 497 g/mol. The molecular weight excluding hydrogens is 470 g/mol. The van der Waals surface area contributed by atoms with E-state index < -0.39 is 10.1 Å². The summed E-state index contributed by atoms with van der Waals surface area (Å²) in [7, 11) is -3.95. The number of aromatic nitrogens is 2. The van der Waals surface area contributed by atoms with Crippen molar-refractivity contribution in [3.63, 3.8) is 0 Å². The lowest BCUT2D eigenvalue weighted by Gasteiger charge is -2.12. The van der Waals surface area contributed by atoms with E-state index in [9.17, 15) is 8.42 Å². The Balaban J connectivity index is 1.37. The quantitative estimate of drug-likeness (QED) is 0.215. The van der Waals surface area contributed by atoms with Crippen LogP contribution < -0.4 is 5.32 Å². The second-order valence-electron chi connectivity index (χ2n) is 8.79. The lowest BCUT2D eigenvalue weighted by atomic mass is 9.93. The van der Waals surface area contributed by atoms with Gasteiger partial charge in [0.1, 0.15) is 5.65 Å². The molecule has 2 N–H and O–H groups in total. The zero-order valence-corrected chi connectivity index (χ0v) is 20.7. The molecule has 0 aliphatic heterocycles. The van der Waals surface area contributed by atoms with Gasteiger partial charge in [0.15, 0.2) is 0 Å². The van der Waals surface area contributed by atoms with Gasteiger partial charge in [-0.05, 0) is 52.4 Å². The Labute approximate surface area is 211 Å². The number of rotatable bonds is 8. The molecule has 182 valence electrons. The number of pyridine rings is 1. The van der Waals surface area contributed by atoms with Crippen LogP contribution in [0.1, 0.15) is 11.1 Å². The van der Waals surface area contributed by atoms with E-state index in [2.05, 4.69) is 82.4 Å². The second kappa shape index (κ2) is 10.1. The minimum Gasteiger partial charge on any atom is -0.312 e. The molecule has 0 bridgehead atoms. The van der Waals surface area contributed by atoms with Gasteiger partial charge in [-0.2, -0.15) is 8.42 Å². The van der Waals surface area contributed by atoms with Gasteiger partial charge in [-0.1, -0.05) is 72.8 Å². The van der Waals surface area contributed by atoms with Crippen LogP contribution in [0, 0.1) is 6.92 Å². The molecule has 0 spiro atoms. The molecule has 7 heteroatoms. The second-order valence-corrected chi connectivity index (χ2v) is 10.4. The zero-order valence-electron chi connectivity index (χ0n) is 19.9. The van der Waals surface area contributed by atoms with Crippen LogP contribution in [-0.4, -0.2) is 34.7 Å².